The summed E-state index contributed by atoms with van der Waals surface area (Å²) in [5.41, 5.74) is -0.0192. The molecule has 0 aliphatic rings. The van der Waals surface area contributed by atoms with Gasteiger partial charge in [0, 0.05) is 26.5 Å². The SMILES string of the molecule is COCCCCNC(=O)c1cccnc1F. The second-order valence-corrected chi connectivity index (χ2v) is 3.30. The molecule has 1 aromatic rings. The number of pyridine rings is 1. The Labute approximate surface area is 93.8 Å². The van der Waals surface area contributed by atoms with Gasteiger partial charge in [-0.3, -0.25) is 4.79 Å². The van der Waals surface area contributed by atoms with Crippen LogP contribution in [0, 0.1) is 5.95 Å². The van der Waals surface area contributed by atoms with Crippen molar-refractivity contribution in [3.63, 3.8) is 0 Å². The van der Waals surface area contributed by atoms with E-state index >= 15 is 0 Å². The predicted octanol–water partition coefficient (Wildman–Crippen LogP) is 1.38. The molecular formula is C11H15FN2O2. The van der Waals surface area contributed by atoms with E-state index in [0.717, 1.165) is 12.8 Å². The third kappa shape index (κ3) is 3.94. The van der Waals surface area contributed by atoms with Crippen LogP contribution in [-0.4, -0.2) is 31.2 Å². The fourth-order valence-corrected chi connectivity index (χ4v) is 1.22. The third-order valence-electron chi connectivity index (χ3n) is 2.06. The maximum absolute atomic E-state index is 13.1. The molecular weight excluding hydrogens is 211 g/mol. The lowest BCUT2D eigenvalue weighted by molar-refractivity contribution is 0.0946. The number of nitrogens with one attached hydrogen (secondary N) is 1. The first kappa shape index (κ1) is 12.6. The molecule has 0 aliphatic heterocycles. The molecule has 16 heavy (non-hydrogen) atoms. The first-order valence-corrected chi connectivity index (χ1v) is 5.13. The van der Waals surface area contributed by atoms with Crippen molar-refractivity contribution in [2.45, 2.75) is 12.8 Å². The highest BCUT2D eigenvalue weighted by molar-refractivity contribution is 5.94. The molecule has 1 heterocycles. The van der Waals surface area contributed by atoms with Crippen LogP contribution < -0.4 is 5.32 Å². The lowest BCUT2D eigenvalue weighted by Gasteiger charge is -2.05. The smallest absolute Gasteiger partial charge is 0.255 e. The number of nitrogens with zero attached hydrogens (tertiary/aromatic N) is 1. The number of methoxy groups -OCH3 is 1. The van der Waals surface area contributed by atoms with Gasteiger partial charge in [0.15, 0.2) is 0 Å². The van der Waals surface area contributed by atoms with E-state index < -0.39 is 11.9 Å². The molecule has 0 saturated carbocycles. The van der Waals surface area contributed by atoms with E-state index in [1.54, 1.807) is 7.11 Å². The Morgan fingerprint density at radius 3 is 3.06 bits per heavy atom. The Kier molecular flexibility index (Phi) is 5.42. The third-order valence-corrected chi connectivity index (χ3v) is 2.06. The molecule has 0 saturated heterocycles. The fourth-order valence-electron chi connectivity index (χ4n) is 1.22. The average molecular weight is 226 g/mol. The van der Waals surface area contributed by atoms with Gasteiger partial charge in [0.1, 0.15) is 0 Å². The highest BCUT2D eigenvalue weighted by Gasteiger charge is 2.10. The van der Waals surface area contributed by atoms with E-state index in [0.29, 0.717) is 13.2 Å². The largest absolute Gasteiger partial charge is 0.385 e. The van der Waals surface area contributed by atoms with Crippen molar-refractivity contribution in [2.75, 3.05) is 20.3 Å². The monoisotopic (exact) mass is 226 g/mol. The van der Waals surface area contributed by atoms with Crippen LogP contribution in [0.2, 0.25) is 0 Å². The van der Waals surface area contributed by atoms with E-state index in [2.05, 4.69) is 10.3 Å². The average Bonchev–Trinajstić information content (AvgIpc) is 2.29. The Morgan fingerprint density at radius 2 is 2.38 bits per heavy atom. The summed E-state index contributed by atoms with van der Waals surface area (Å²) in [6, 6.07) is 2.94. The number of ether oxygens (including phenoxy) is 1. The molecule has 1 N–H and O–H groups in total. The highest BCUT2D eigenvalue weighted by Crippen LogP contribution is 2.02. The minimum Gasteiger partial charge on any atom is -0.385 e. The zero-order chi connectivity index (χ0) is 11.8. The number of hydrogen-bond donors (Lipinski definition) is 1. The van der Waals surface area contributed by atoms with Crippen LogP contribution in [0.3, 0.4) is 0 Å². The van der Waals surface area contributed by atoms with Crippen molar-refractivity contribution in [2.24, 2.45) is 0 Å². The second-order valence-electron chi connectivity index (χ2n) is 3.30. The summed E-state index contributed by atoms with van der Waals surface area (Å²) in [4.78, 5) is 14.9. The van der Waals surface area contributed by atoms with Gasteiger partial charge in [0.25, 0.3) is 5.91 Å². The molecule has 1 rings (SSSR count). The molecule has 5 heteroatoms. The van der Waals surface area contributed by atoms with Crippen LogP contribution in [0.15, 0.2) is 18.3 Å². The molecule has 0 bridgehead atoms. The van der Waals surface area contributed by atoms with E-state index in [-0.39, 0.29) is 5.56 Å². The van der Waals surface area contributed by atoms with Gasteiger partial charge in [-0.25, -0.2) is 4.98 Å². The summed E-state index contributed by atoms with van der Waals surface area (Å²) in [5.74, 6) is -1.17. The summed E-state index contributed by atoms with van der Waals surface area (Å²) >= 11 is 0. The first-order chi connectivity index (χ1) is 7.75. The van der Waals surface area contributed by atoms with Crippen LogP contribution in [0.4, 0.5) is 4.39 Å². The molecule has 0 fully saturated rings. The van der Waals surface area contributed by atoms with Crippen molar-refractivity contribution >= 4 is 5.91 Å². The Morgan fingerprint density at radius 1 is 1.56 bits per heavy atom. The zero-order valence-corrected chi connectivity index (χ0v) is 9.20. The van der Waals surface area contributed by atoms with Gasteiger partial charge in [0.2, 0.25) is 5.95 Å². The van der Waals surface area contributed by atoms with Crippen molar-refractivity contribution in [3.05, 3.63) is 29.8 Å². The maximum atomic E-state index is 13.1. The quantitative estimate of drug-likeness (QED) is 0.589. The second kappa shape index (κ2) is 6.90. The molecule has 4 nitrogen and oxygen atoms in total. The lowest BCUT2D eigenvalue weighted by atomic mass is 10.2. The highest BCUT2D eigenvalue weighted by atomic mass is 19.1. The lowest BCUT2D eigenvalue weighted by Crippen LogP contribution is -2.25. The molecule has 0 atom stereocenters. The van der Waals surface area contributed by atoms with Gasteiger partial charge in [0.05, 0.1) is 5.56 Å². The first-order valence-electron chi connectivity index (χ1n) is 5.13. The summed E-state index contributed by atoms with van der Waals surface area (Å²) in [6.07, 6.45) is 2.98. The van der Waals surface area contributed by atoms with Crippen molar-refractivity contribution < 1.29 is 13.9 Å². The van der Waals surface area contributed by atoms with E-state index in [1.807, 2.05) is 0 Å². The van der Waals surface area contributed by atoms with Gasteiger partial charge < -0.3 is 10.1 Å². The van der Waals surface area contributed by atoms with Gasteiger partial charge in [-0.1, -0.05) is 0 Å². The van der Waals surface area contributed by atoms with Gasteiger partial charge in [-0.15, -0.1) is 0 Å². The van der Waals surface area contributed by atoms with E-state index in [4.69, 9.17) is 4.74 Å². The Bertz CT molecular complexity index is 345. The summed E-state index contributed by atoms with van der Waals surface area (Å²) in [7, 11) is 1.63. The number of amides is 1. The summed E-state index contributed by atoms with van der Waals surface area (Å²) in [5, 5.41) is 2.62. The zero-order valence-electron chi connectivity index (χ0n) is 9.20. The topological polar surface area (TPSA) is 51.2 Å². The molecule has 1 aromatic heterocycles. The number of halogens is 1. The normalized spacial score (nSPS) is 10.1. The van der Waals surface area contributed by atoms with Crippen molar-refractivity contribution in [3.8, 4) is 0 Å². The minimum absolute atomic E-state index is 0.0192. The standard InChI is InChI=1S/C11H15FN2O2/c1-16-8-3-2-6-14-11(15)9-5-4-7-13-10(9)12/h4-5,7H,2-3,6,8H2,1H3,(H,14,15). The molecule has 0 spiro atoms. The minimum atomic E-state index is -0.739. The van der Waals surface area contributed by atoms with Gasteiger partial charge in [-0.2, -0.15) is 4.39 Å². The number of unbranched alkanes of at least 4 members (excludes halogenated alkanes) is 1. The molecule has 0 radical (unpaired) electrons. The molecule has 0 unspecified atom stereocenters. The van der Waals surface area contributed by atoms with Gasteiger partial charge in [-0.05, 0) is 25.0 Å². The molecule has 88 valence electrons. The van der Waals surface area contributed by atoms with Crippen LogP contribution >= 0.6 is 0 Å². The van der Waals surface area contributed by atoms with Crippen molar-refractivity contribution in [1.82, 2.24) is 10.3 Å². The molecule has 0 aliphatic carbocycles. The Hall–Kier alpha value is -1.49. The number of carbonyl (C=O) groups is 1. The number of hydrogen-bond acceptors (Lipinski definition) is 3. The van der Waals surface area contributed by atoms with Gasteiger partial charge >= 0.3 is 0 Å². The van der Waals surface area contributed by atoms with E-state index in [9.17, 15) is 9.18 Å². The van der Waals surface area contributed by atoms with Crippen LogP contribution in [-0.2, 0) is 4.74 Å². The molecule has 0 aromatic carbocycles. The fraction of sp³-hybridized carbons (Fsp3) is 0.455. The van der Waals surface area contributed by atoms with Crippen LogP contribution in [0.25, 0.3) is 0 Å². The molecule has 1 amide bonds. The number of aromatic nitrogens is 1. The predicted molar refractivity (Wildman–Crippen MR) is 57.6 cm³/mol. The number of carbonyl (C=O) groups excluding carboxylic acids is 1. The van der Waals surface area contributed by atoms with Crippen LogP contribution in [0.1, 0.15) is 23.2 Å². The number of rotatable bonds is 6. The van der Waals surface area contributed by atoms with Crippen LogP contribution in [0.5, 0.6) is 0 Å². The summed E-state index contributed by atoms with van der Waals surface area (Å²) in [6.45, 7) is 1.17. The maximum Gasteiger partial charge on any atom is 0.255 e. The Balaban J connectivity index is 2.33. The van der Waals surface area contributed by atoms with E-state index in [1.165, 1.54) is 18.3 Å². The summed E-state index contributed by atoms with van der Waals surface area (Å²) < 4.78 is 17.9. The van der Waals surface area contributed by atoms with Crippen molar-refractivity contribution in [1.29, 1.82) is 0 Å².